The molecule has 1 atom stereocenters. The molecule has 2 saturated heterocycles. The lowest BCUT2D eigenvalue weighted by atomic mass is 10.1. The van der Waals surface area contributed by atoms with Gasteiger partial charge in [-0.2, -0.15) is 0 Å². The zero-order valence-electron chi connectivity index (χ0n) is 19.5. The van der Waals surface area contributed by atoms with Crippen molar-refractivity contribution in [3.63, 3.8) is 0 Å². The number of aliphatic imine (C=N–C) groups is 1. The van der Waals surface area contributed by atoms with Crippen LogP contribution in [0.5, 0.6) is 0 Å². The third-order valence-corrected chi connectivity index (χ3v) is 6.55. The van der Waals surface area contributed by atoms with Crippen LogP contribution in [0.25, 0.3) is 0 Å². The fourth-order valence-corrected chi connectivity index (χ4v) is 4.53. The van der Waals surface area contributed by atoms with Gasteiger partial charge < -0.3 is 20.4 Å². The quantitative estimate of drug-likeness (QED) is 0.514. The standard InChI is InChI=1S/C25H37N7/c1-26-25(29-20-23(31-12-6-7-13-31)22-8-4-3-5-9-22)28-19-21-10-11-24(27-18-21)32-16-14-30(2)15-17-32/h3-5,8-11,18,23H,6-7,12-17,19-20H2,1-2H3,(H2,26,28,29). The summed E-state index contributed by atoms with van der Waals surface area (Å²) >= 11 is 0. The third kappa shape index (κ3) is 5.99. The number of hydrogen-bond acceptors (Lipinski definition) is 5. The van der Waals surface area contributed by atoms with Gasteiger partial charge in [0, 0.05) is 52.5 Å². The average molecular weight is 436 g/mol. The van der Waals surface area contributed by atoms with Gasteiger partial charge in [0.1, 0.15) is 5.82 Å². The molecule has 0 amide bonds. The first-order chi connectivity index (χ1) is 15.7. The second-order valence-corrected chi connectivity index (χ2v) is 8.79. The van der Waals surface area contributed by atoms with E-state index in [1.54, 1.807) is 0 Å². The molecule has 2 aromatic rings. The number of likely N-dealkylation sites (N-methyl/N-ethyl adjacent to an activating group) is 1. The molecule has 32 heavy (non-hydrogen) atoms. The summed E-state index contributed by atoms with van der Waals surface area (Å²) in [7, 11) is 4.01. The molecular weight excluding hydrogens is 398 g/mol. The monoisotopic (exact) mass is 435 g/mol. The Bertz CT molecular complexity index is 838. The van der Waals surface area contributed by atoms with E-state index in [9.17, 15) is 0 Å². The zero-order chi connectivity index (χ0) is 22.2. The Kier molecular flexibility index (Phi) is 7.96. The van der Waals surface area contributed by atoms with Gasteiger partial charge in [0.2, 0.25) is 0 Å². The lowest BCUT2D eigenvalue weighted by Gasteiger charge is -2.33. The van der Waals surface area contributed by atoms with E-state index in [2.05, 4.69) is 79.8 Å². The normalized spacial score (nSPS) is 19.2. The van der Waals surface area contributed by atoms with Gasteiger partial charge in [-0.1, -0.05) is 36.4 Å². The maximum absolute atomic E-state index is 4.70. The maximum atomic E-state index is 4.70. The van der Waals surface area contributed by atoms with Gasteiger partial charge >= 0.3 is 0 Å². The highest BCUT2D eigenvalue weighted by molar-refractivity contribution is 5.79. The molecule has 0 spiro atoms. The van der Waals surface area contributed by atoms with Crippen molar-refractivity contribution in [2.45, 2.75) is 25.4 Å². The van der Waals surface area contributed by atoms with E-state index < -0.39 is 0 Å². The molecule has 2 aliphatic heterocycles. The average Bonchev–Trinajstić information content (AvgIpc) is 3.37. The Balaban J connectivity index is 1.29. The zero-order valence-corrected chi connectivity index (χ0v) is 19.5. The van der Waals surface area contributed by atoms with Crippen LogP contribution in [0, 0.1) is 0 Å². The van der Waals surface area contributed by atoms with Crippen molar-refractivity contribution in [3.05, 3.63) is 59.8 Å². The van der Waals surface area contributed by atoms with Crippen molar-refractivity contribution < 1.29 is 0 Å². The van der Waals surface area contributed by atoms with Gasteiger partial charge in [0.25, 0.3) is 0 Å². The van der Waals surface area contributed by atoms with E-state index >= 15 is 0 Å². The number of nitrogens with one attached hydrogen (secondary N) is 2. The van der Waals surface area contributed by atoms with E-state index in [1.165, 1.54) is 31.5 Å². The fraction of sp³-hybridized carbons (Fsp3) is 0.520. The van der Waals surface area contributed by atoms with Crippen LogP contribution in [0.2, 0.25) is 0 Å². The fourth-order valence-electron chi connectivity index (χ4n) is 4.53. The number of benzene rings is 1. The van der Waals surface area contributed by atoms with E-state index in [0.29, 0.717) is 12.6 Å². The molecule has 0 aliphatic carbocycles. The topological polar surface area (TPSA) is 59.0 Å². The second-order valence-electron chi connectivity index (χ2n) is 8.79. The number of hydrogen-bond donors (Lipinski definition) is 2. The highest BCUT2D eigenvalue weighted by atomic mass is 15.3. The summed E-state index contributed by atoms with van der Waals surface area (Å²) < 4.78 is 0. The van der Waals surface area contributed by atoms with Crippen molar-refractivity contribution in [1.82, 2.24) is 25.4 Å². The smallest absolute Gasteiger partial charge is 0.191 e. The van der Waals surface area contributed by atoms with Crippen molar-refractivity contribution >= 4 is 11.8 Å². The highest BCUT2D eigenvalue weighted by Gasteiger charge is 2.23. The van der Waals surface area contributed by atoms with Crippen LogP contribution in [0.1, 0.15) is 30.0 Å². The molecule has 0 bridgehead atoms. The van der Waals surface area contributed by atoms with Crippen LogP contribution in [0.4, 0.5) is 5.82 Å². The molecule has 1 unspecified atom stereocenters. The molecule has 0 saturated carbocycles. The molecule has 2 fully saturated rings. The summed E-state index contributed by atoms with van der Waals surface area (Å²) in [4.78, 5) is 16.4. The molecule has 1 aromatic heterocycles. The SMILES string of the molecule is CN=C(NCc1ccc(N2CCN(C)CC2)nc1)NCC(c1ccccc1)N1CCCC1. The van der Waals surface area contributed by atoms with E-state index in [4.69, 9.17) is 4.98 Å². The molecule has 7 heteroatoms. The van der Waals surface area contributed by atoms with Crippen molar-refractivity contribution in [1.29, 1.82) is 0 Å². The Morgan fingerprint density at radius 1 is 0.969 bits per heavy atom. The van der Waals surface area contributed by atoms with Crippen LogP contribution in [-0.4, -0.2) is 80.7 Å². The molecule has 2 aliphatic rings. The largest absolute Gasteiger partial charge is 0.354 e. The predicted octanol–water partition coefficient (Wildman–Crippen LogP) is 2.34. The first-order valence-electron chi connectivity index (χ1n) is 11.8. The van der Waals surface area contributed by atoms with Crippen molar-refractivity contribution in [2.24, 2.45) is 4.99 Å². The number of anilines is 1. The van der Waals surface area contributed by atoms with Gasteiger partial charge in [-0.05, 0) is 50.2 Å². The lowest BCUT2D eigenvalue weighted by Crippen LogP contribution is -2.44. The van der Waals surface area contributed by atoms with Gasteiger partial charge in [0.15, 0.2) is 5.96 Å². The van der Waals surface area contributed by atoms with Crippen LogP contribution < -0.4 is 15.5 Å². The summed E-state index contributed by atoms with van der Waals surface area (Å²) in [5, 5.41) is 6.99. The second kappa shape index (κ2) is 11.3. The predicted molar refractivity (Wildman–Crippen MR) is 132 cm³/mol. The number of likely N-dealkylation sites (tertiary alicyclic amines) is 1. The minimum Gasteiger partial charge on any atom is -0.354 e. The first-order valence-corrected chi connectivity index (χ1v) is 11.8. The minimum absolute atomic E-state index is 0.363. The summed E-state index contributed by atoms with van der Waals surface area (Å²) in [6.07, 6.45) is 4.55. The number of rotatable bonds is 7. The molecular formula is C25H37N7. The summed E-state index contributed by atoms with van der Waals surface area (Å²) in [6.45, 7) is 8.13. The summed E-state index contributed by atoms with van der Waals surface area (Å²) in [6, 6.07) is 15.5. The van der Waals surface area contributed by atoms with Crippen LogP contribution in [0.15, 0.2) is 53.7 Å². The number of aromatic nitrogens is 1. The van der Waals surface area contributed by atoms with E-state index in [-0.39, 0.29) is 0 Å². The van der Waals surface area contributed by atoms with Crippen LogP contribution in [-0.2, 0) is 6.54 Å². The Morgan fingerprint density at radius 2 is 1.72 bits per heavy atom. The number of guanidine groups is 1. The molecule has 3 heterocycles. The minimum atomic E-state index is 0.363. The van der Waals surface area contributed by atoms with Crippen molar-refractivity contribution in [3.8, 4) is 0 Å². The maximum Gasteiger partial charge on any atom is 0.191 e. The van der Waals surface area contributed by atoms with Gasteiger partial charge in [-0.25, -0.2) is 4.98 Å². The first kappa shape index (κ1) is 22.6. The molecule has 2 N–H and O–H groups in total. The Hall–Kier alpha value is -2.64. The third-order valence-electron chi connectivity index (χ3n) is 6.55. The van der Waals surface area contributed by atoms with Crippen LogP contribution in [0.3, 0.4) is 0 Å². The number of nitrogens with zero attached hydrogens (tertiary/aromatic N) is 5. The molecule has 172 valence electrons. The number of pyridine rings is 1. The van der Waals surface area contributed by atoms with Crippen molar-refractivity contribution in [2.75, 3.05) is 64.8 Å². The Labute approximate surface area is 192 Å². The van der Waals surface area contributed by atoms with Crippen LogP contribution >= 0.6 is 0 Å². The lowest BCUT2D eigenvalue weighted by molar-refractivity contribution is 0.245. The van der Waals surface area contributed by atoms with E-state index in [1.807, 2.05) is 13.2 Å². The summed E-state index contributed by atoms with van der Waals surface area (Å²) in [5.41, 5.74) is 2.52. The van der Waals surface area contributed by atoms with E-state index in [0.717, 1.165) is 50.1 Å². The molecule has 1 aromatic carbocycles. The highest BCUT2D eigenvalue weighted by Crippen LogP contribution is 2.24. The van der Waals surface area contributed by atoms with Gasteiger partial charge in [-0.3, -0.25) is 9.89 Å². The molecule has 7 nitrogen and oxygen atoms in total. The van der Waals surface area contributed by atoms with Gasteiger partial charge in [-0.15, -0.1) is 0 Å². The number of piperazine rings is 1. The molecule has 0 radical (unpaired) electrons. The summed E-state index contributed by atoms with van der Waals surface area (Å²) in [5.74, 6) is 1.90. The van der Waals surface area contributed by atoms with Gasteiger partial charge in [0.05, 0.1) is 6.04 Å². The molecule has 4 rings (SSSR count). The Morgan fingerprint density at radius 3 is 2.38 bits per heavy atom.